The maximum Gasteiger partial charge on any atom is 0.261 e. The predicted octanol–water partition coefficient (Wildman–Crippen LogP) is 3.42. The molecular formula is C19H17ClN2O3. The van der Waals surface area contributed by atoms with Gasteiger partial charge in [-0.1, -0.05) is 11.6 Å². The summed E-state index contributed by atoms with van der Waals surface area (Å²) in [6.45, 7) is 2.37. The van der Waals surface area contributed by atoms with E-state index in [1.54, 1.807) is 22.8 Å². The van der Waals surface area contributed by atoms with E-state index in [1.807, 2.05) is 6.92 Å². The molecule has 1 aromatic heterocycles. The van der Waals surface area contributed by atoms with E-state index in [9.17, 15) is 14.4 Å². The minimum absolute atomic E-state index is 0.125. The van der Waals surface area contributed by atoms with Crippen molar-refractivity contribution in [3.8, 4) is 0 Å². The standard InChI is InChI=1S/C19H17ClN2O3/c1-2-21-15-10-16(14(20)9-11(15)7-8-17(21)23)22-18(24)12-5-3-4-6-13(12)19(22)25/h7-10H,2-6H2,1H3. The summed E-state index contributed by atoms with van der Waals surface area (Å²) < 4.78 is 1.60. The van der Waals surface area contributed by atoms with Crippen LogP contribution in [-0.4, -0.2) is 16.4 Å². The van der Waals surface area contributed by atoms with Crippen LogP contribution in [0.25, 0.3) is 10.9 Å². The Bertz CT molecular complexity index is 991. The zero-order valence-electron chi connectivity index (χ0n) is 13.8. The smallest absolute Gasteiger partial charge is 0.261 e. The lowest BCUT2D eigenvalue weighted by atomic mass is 9.93. The second kappa shape index (κ2) is 5.85. The first-order valence-electron chi connectivity index (χ1n) is 8.47. The molecule has 0 radical (unpaired) electrons. The number of pyridine rings is 1. The lowest BCUT2D eigenvalue weighted by Crippen LogP contribution is -2.32. The Hall–Kier alpha value is -2.40. The first-order valence-corrected chi connectivity index (χ1v) is 8.84. The van der Waals surface area contributed by atoms with Gasteiger partial charge in [0, 0.05) is 29.1 Å². The summed E-state index contributed by atoms with van der Waals surface area (Å²) in [6.07, 6.45) is 3.13. The molecule has 5 nitrogen and oxygen atoms in total. The molecule has 2 aromatic rings. The van der Waals surface area contributed by atoms with Crippen molar-refractivity contribution in [2.75, 3.05) is 4.90 Å². The molecule has 0 N–H and O–H groups in total. The van der Waals surface area contributed by atoms with Crippen molar-refractivity contribution in [3.05, 3.63) is 50.8 Å². The van der Waals surface area contributed by atoms with Crippen LogP contribution in [0.15, 0.2) is 40.2 Å². The Morgan fingerprint density at radius 2 is 1.64 bits per heavy atom. The number of rotatable bonds is 2. The van der Waals surface area contributed by atoms with Crippen molar-refractivity contribution in [1.82, 2.24) is 4.57 Å². The van der Waals surface area contributed by atoms with Gasteiger partial charge in [0.25, 0.3) is 17.4 Å². The van der Waals surface area contributed by atoms with Gasteiger partial charge >= 0.3 is 0 Å². The highest BCUT2D eigenvalue weighted by Gasteiger charge is 2.40. The Balaban J connectivity index is 1.90. The SMILES string of the molecule is CCn1c(=O)ccc2cc(Cl)c(N3C(=O)C4=C(CCCC4)C3=O)cc21. The van der Waals surface area contributed by atoms with Gasteiger partial charge in [-0.15, -0.1) is 0 Å². The predicted molar refractivity (Wildman–Crippen MR) is 96.9 cm³/mol. The minimum Gasteiger partial charge on any atom is -0.308 e. The van der Waals surface area contributed by atoms with Crippen LogP contribution < -0.4 is 10.5 Å². The molecule has 2 heterocycles. The van der Waals surface area contributed by atoms with E-state index in [-0.39, 0.29) is 17.4 Å². The van der Waals surface area contributed by atoms with E-state index in [0.717, 1.165) is 18.2 Å². The van der Waals surface area contributed by atoms with Gasteiger partial charge in [0.05, 0.1) is 16.2 Å². The van der Waals surface area contributed by atoms with Crippen LogP contribution in [0, 0.1) is 0 Å². The molecule has 0 atom stereocenters. The molecule has 25 heavy (non-hydrogen) atoms. The summed E-state index contributed by atoms with van der Waals surface area (Å²) in [7, 11) is 0. The molecule has 1 aromatic carbocycles. The molecule has 0 saturated carbocycles. The van der Waals surface area contributed by atoms with E-state index in [0.29, 0.717) is 46.8 Å². The van der Waals surface area contributed by atoms with Gasteiger partial charge in [-0.3, -0.25) is 14.4 Å². The van der Waals surface area contributed by atoms with Crippen LogP contribution in [0.3, 0.4) is 0 Å². The number of carbonyl (C=O) groups is 2. The number of hydrogen-bond acceptors (Lipinski definition) is 3. The molecule has 1 aliphatic carbocycles. The maximum atomic E-state index is 12.8. The summed E-state index contributed by atoms with van der Waals surface area (Å²) >= 11 is 6.39. The first-order chi connectivity index (χ1) is 12.0. The van der Waals surface area contributed by atoms with Crippen LogP contribution >= 0.6 is 11.6 Å². The van der Waals surface area contributed by atoms with Crippen molar-refractivity contribution in [2.45, 2.75) is 39.2 Å². The topological polar surface area (TPSA) is 59.4 Å². The van der Waals surface area contributed by atoms with Crippen molar-refractivity contribution in [3.63, 3.8) is 0 Å². The fourth-order valence-corrected chi connectivity index (χ4v) is 4.02. The Morgan fingerprint density at radius 1 is 1.00 bits per heavy atom. The first kappa shape index (κ1) is 16.1. The zero-order valence-corrected chi connectivity index (χ0v) is 14.6. The fourth-order valence-electron chi connectivity index (χ4n) is 3.76. The monoisotopic (exact) mass is 356 g/mol. The quantitative estimate of drug-likeness (QED) is 0.775. The molecule has 0 fully saturated rings. The number of fused-ring (bicyclic) bond motifs is 1. The third-order valence-corrected chi connectivity index (χ3v) is 5.31. The molecular weight excluding hydrogens is 340 g/mol. The third-order valence-electron chi connectivity index (χ3n) is 5.01. The van der Waals surface area contributed by atoms with E-state index in [2.05, 4.69) is 0 Å². The van der Waals surface area contributed by atoms with Crippen molar-refractivity contribution < 1.29 is 9.59 Å². The molecule has 0 spiro atoms. The van der Waals surface area contributed by atoms with Crippen molar-refractivity contribution >= 4 is 40.0 Å². The third kappa shape index (κ3) is 2.34. The van der Waals surface area contributed by atoms with Crippen LogP contribution in [0.2, 0.25) is 5.02 Å². The number of halogens is 1. The summed E-state index contributed by atoms with van der Waals surface area (Å²) in [5.74, 6) is -0.551. The molecule has 1 aliphatic heterocycles. The molecule has 0 bridgehead atoms. The van der Waals surface area contributed by atoms with E-state index < -0.39 is 0 Å². The Labute approximate surface area is 149 Å². The number of benzene rings is 1. The van der Waals surface area contributed by atoms with Crippen LogP contribution in [0.1, 0.15) is 32.6 Å². The molecule has 0 unspecified atom stereocenters. The van der Waals surface area contributed by atoms with Gasteiger partial charge in [0.2, 0.25) is 0 Å². The highest BCUT2D eigenvalue weighted by molar-refractivity contribution is 6.39. The molecule has 4 rings (SSSR count). The number of hydrogen-bond donors (Lipinski definition) is 0. The van der Waals surface area contributed by atoms with Crippen LogP contribution in [0.5, 0.6) is 0 Å². The lowest BCUT2D eigenvalue weighted by molar-refractivity contribution is -0.120. The summed E-state index contributed by atoms with van der Waals surface area (Å²) in [5, 5.41) is 1.13. The van der Waals surface area contributed by atoms with Gasteiger partial charge in [-0.2, -0.15) is 0 Å². The number of anilines is 1. The molecule has 2 amide bonds. The van der Waals surface area contributed by atoms with E-state index >= 15 is 0 Å². The number of imide groups is 1. The molecule has 0 saturated heterocycles. The largest absolute Gasteiger partial charge is 0.308 e. The lowest BCUT2D eigenvalue weighted by Gasteiger charge is -2.18. The van der Waals surface area contributed by atoms with Crippen molar-refractivity contribution in [2.24, 2.45) is 0 Å². The normalized spacial score (nSPS) is 17.6. The number of carbonyl (C=O) groups excluding carboxylic acids is 2. The van der Waals surface area contributed by atoms with Gasteiger partial charge in [0.1, 0.15) is 0 Å². The van der Waals surface area contributed by atoms with Gasteiger partial charge < -0.3 is 4.57 Å². The number of amides is 2. The van der Waals surface area contributed by atoms with Crippen LogP contribution in [0.4, 0.5) is 5.69 Å². The molecule has 2 aliphatic rings. The van der Waals surface area contributed by atoms with Gasteiger partial charge in [-0.25, -0.2) is 4.90 Å². The average Bonchev–Trinajstić information content (AvgIpc) is 2.86. The average molecular weight is 357 g/mol. The van der Waals surface area contributed by atoms with E-state index in [1.165, 1.54) is 11.0 Å². The van der Waals surface area contributed by atoms with Gasteiger partial charge in [-0.05, 0) is 50.8 Å². The second-order valence-electron chi connectivity index (χ2n) is 6.39. The summed E-state index contributed by atoms with van der Waals surface area (Å²) in [4.78, 5) is 38.8. The zero-order chi connectivity index (χ0) is 17.7. The van der Waals surface area contributed by atoms with Crippen LogP contribution in [-0.2, 0) is 16.1 Å². The van der Waals surface area contributed by atoms with Gasteiger partial charge in [0.15, 0.2) is 0 Å². The second-order valence-corrected chi connectivity index (χ2v) is 6.80. The highest BCUT2D eigenvalue weighted by atomic mass is 35.5. The number of aromatic nitrogens is 1. The Morgan fingerprint density at radius 3 is 2.24 bits per heavy atom. The fraction of sp³-hybridized carbons (Fsp3) is 0.316. The number of nitrogens with zero attached hydrogens (tertiary/aromatic N) is 2. The maximum absolute atomic E-state index is 12.8. The molecule has 128 valence electrons. The minimum atomic E-state index is -0.276. The van der Waals surface area contributed by atoms with Crippen molar-refractivity contribution in [1.29, 1.82) is 0 Å². The summed E-state index contributed by atoms with van der Waals surface area (Å²) in [5.41, 5.74) is 2.13. The summed E-state index contributed by atoms with van der Waals surface area (Å²) in [6, 6.07) is 6.58. The molecule has 6 heteroatoms. The number of aryl methyl sites for hydroxylation is 1. The highest BCUT2D eigenvalue weighted by Crippen LogP contribution is 2.39. The van der Waals surface area contributed by atoms with E-state index in [4.69, 9.17) is 11.6 Å². The Kier molecular flexibility index (Phi) is 3.76.